The number of hydrogen-bond donors (Lipinski definition) is 0. The Labute approximate surface area is 147 Å². The Hall–Kier alpha value is -2.45. The number of hydrogen-bond acceptors (Lipinski definition) is 6. The quantitative estimate of drug-likeness (QED) is 0.367. The second kappa shape index (κ2) is 6.98. The topological polar surface area (TPSA) is 73.8 Å². The molecule has 0 aliphatic heterocycles. The van der Waals surface area contributed by atoms with E-state index in [1.807, 2.05) is 22.1 Å². The molecule has 2 aromatic heterocycles. The van der Waals surface area contributed by atoms with Crippen molar-refractivity contribution in [3.05, 3.63) is 64.0 Å². The Kier molecular flexibility index (Phi) is 4.77. The van der Waals surface area contributed by atoms with Crippen LogP contribution in [0.1, 0.15) is 5.56 Å². The van der Waals surface area contributed by atoms with E-state index < -0.39 is 0 Å². The maximum absolute atomic E-state index is 10.9. The molecule has 122 valence electrons. The highest BCUT2D eigenvalue weighted by atomic mass is 32.2. The van der Waals surface area contributed by atoms with Crippen LogP contribution < -0.4 is 0 Å². The Morgan fingerprint density at radius 2 is 2.25 bits per heavy atom. The minimum atomic E-state index is -0.376. The van der Waals surface area contributed by atoms with Gasteiger partial charge in [-0.25, -0.2) is 0 Å². The first-order chi connectivity index (χ1) is 11.6. The summed E-state index contributed by atoms with van der Waals surface area (Å²) in [4.78, 5) is 12.5. The fourth-order valence-corrected chi connectivity index (χ4v) is 3.90. The molecule has 0 saturated carbocycles. The van der Waals surface area contributed by atoms with Crippen molar-refractivity contribution in [1.29, 1.82) is 0 Å². The Balaban J connectivity index is 1.94. The lowest BCUT2D eigenvalue weighted by Crippen LogP contribution is -1.99. The van der Waals surface area contributed by atoms with Crippen LogP contribution in [-0.4, -0.2) is 19.7 Å². The Morgan fingerprint density at radius 3 is 2.88 bits per heavy atom. The van der Waals surface area contributed by atoms with E-state index in [4.69, 9.17) is 0 Å². The molecule has 0 radical (unpaired) electrons. The van der Waals surface area contributed by atoms with Crippen molar-refractivity contribution in [2.45, 2.75) is 23.5 Å². The van der Waals surface area contributed by atoms with E-state index in [-0.39, 0.29) is 10.6 Å². The lowest BCUT2D eigenvalue weighted by atomic mass is 10.2. The summed E-state index contributed by atoms with van der Waals surface area (Å²) in [5.41, 5.74) is 0.740. The number of benzene rings is 1. The first kappa shape index (κ1) is 16.4. The highest BCUT2D eigenvalue weighted by Gasteiger charge is 2.16. The van der Waals surface area contributed by atoms with Crippen molar-refractivity contribution in [3.8, 4) is 10.7 Å². The molecule has 1 aromatic carbocycles. The molecule has 0 unspecified atom stereocenters. The van der Waals surface area contributed by atoms with Gasteiger partial charge in [0.15, 0.2) is 11.0 Å². The van der Waals surface area contributed by atoms with Crippen LogP contribution in [-0.2, 0) is 6.54 Å². The van der Waals surface area contributed by atoms with Gasteiger partial charge in [0.05, 0.1) is 9.80 Å². The zero-order valence-corrected chi connectivity index (χ0v) is 14.5. The molecule has 0 spiro atoms. The van der Waals surface area contributed by atoms with Crippen LogP contribution in [0.25, 0.3) is 10.7 Å². The molecule has 0 N–H and O–H groups in total. The summed E-state index contributed by atoms with van der Waals surface area (Å²) in [5.74, 6) is 0.797. The minimum Gasteiger partial charge on any atom is -0.297 e. The fraction of sp³-hybridized carbons (Fsp3) is 0.125. The van der Waals surface area contributed by atoms with Gasteiger partial charge in [-0.1, -0.05) is 12.1 Å². The molecule has 0 saturated heterocycles. The van der Waals surface area contributed by atoms with E-state index in [9.17, 15) is 10.1 Å². The van der Waals surface area contributed by atoms with E-state index >= 15 is 0 Å². The summed E-state index contributed by atoms with van der Waals surface area (Å²) >= 11 is 3.03. The van der Waals surface area contributed by atoms with Crippen LogP contribution in [0.5, 0.6) is 0 Å². The number of nitro benzene ring substituents is 1. The predicted octanol–water partition coefficient (Wildman–Crippen LogP) is 4.56. The van der Waals surface area contributed by atoms with Crippen LogP contribution in [0.4, 0.5) is 5.69 Å². The standard InChI is InChI=1S/C16H14N4O2S2/c1-3-8-19-15(14-5-4-9-23-14)17-18-16(19)24-12-6-7-13(20(21)22)11(2)10-12/h3-7,9-10H,1,8H2,2H3. The highest BCUT2D eigenvalue weighted by Crippen LogP contribution is 2.33. The van der Waals surface area contributed by atoms with Gasteiger partial charge in [0.2, 0.25) is 0 Å². The first-order valence-corrected chi connectivity index (χ1v) is 8.80. The van der Waals surface area contributed by atoms with Gasteiger partial charge in [-0.05, 0) is 42.3 Å². The SMILES string of the molecule is C=CCn1c(Sc2ccc([N+](=O)[O-])c(C)c2)nnc1-c1cccs1. The Bertz CT molecular complexity index is 888. The number of rotatable bonds is 6. The molecule has 0 aliphatic carbocycles. The van der Waals surface area contributed by atoms with Gasteiger partial charge in [0, 0.05) is 23.1 Å². The van der Waals surface area contributed by atoms with Gasteiger partial charge < -0.3 is 0 Å². The first-order valence-electron chi connectivity index (χ1n) is 7.11. The number of allylic oxidation sites excluding steroid dienone is 1. The van der Waals surface area contributed by atoms with Gasteiger partial charge in [-0.2, -0.15) is 0 Å². The molecule has 0 bridgehead atoms. The summed E-state index contributed by atoms with van der Waals surface area (Å²) in [7, 11) is 0. The van der Waals surface area contributed by atoms with Crippen LogP contribution in [0.3, 0.4) is 0 Å². The van der Waals surface area contributed by atoms with Gasteiger partial charge in [-0.15, -0.1) is 28.1 Å². The minimum absolute atomic E-state index is 0.117. The van der Waals surface area contributed by atoms with Gasteiger partial charge in [0.25, 0.3) is 5.69 Å². The lowest BCUT2D eigenvalue weighted by molar-refractivity contribution is -0.385. The second-order valence-corrected chi connectivity index (χ2v) is 6.98. The second-order valence-electron chi connectivity index (χ2n) is 4.99. The molecule has 0 fully saturated rings. The van der Waals surface area contributed by atoms with Crippen molar-refractivity contribution in [1.82, 2.24) is 14.8 Å². The molecule has 24 heavy (non-hydrogen) atoms. The monoisotopic (exact) mass is 358 g/mol. The predicted molar refractivity (Wildman–Crippen MR) is 95.5 cm³/mol. The third-order valence-corrected chi connectivity index (χ3v) is 5.18. The van der Waals surface area contributed by atoms with Crippen molar-refractivity contribution in [2.24, 2.45) is 0 Å². The molecule has 0 amide bonds. The van der Waals surface area contributed by atoms with Crippen molar-refractivity contribution in [3.63, 3.8) is 0 Å². The fourth-order valence-electron chi connectivity index (χ4n) is 2.25. The summed E-state index contributed by atoms with van der Waals surface area (Å²) in [6, 6.07) is 9.01. The van der Waals surface area contributed by atoms with Crippen LogP contribution in [0, 0.1) is 17.0 Å². The van der Waals surface area contributed by atoms with Crippen molar-refractivity contribution in [2.75, 3.05) is 0 Å². The molecule has 6 nitrogen and oxygen atoms in total. The van der Waals surface area contributed by atoms with Crippen molar-refractivity contribution >= 4 is 28.8 Å². The number of aryl methyl sites for hydroxylation is 1. The van der Waals surface area contributed by atoms with Gasteiger partial charge >= 0.3 is 0 Å². The molecule has 0 atom stereocenters. The molecule has 8 heteroatoms. The smallest absolute Gasteiger partial charge is 0.272 e. The number of thiophene rings is 1. The number of nitro groups is 1. The third kappa shape index (κ3) is 3.24. The lowest BCUT2D eigenvalue weighted by Gasteiger charge is -2.07. The van der Waals surface area contributed by atoms with Crippen LogP contribution in [0.2, 0.25) is 0 Å². The van der Waals surface area contributed by atoms with E-state index in [1.165, 1.54) is 17.8 Å². The van der Waals surface area contributed by atoms with Crippen LogP contribution in [0.15, 0.2) is 58.4 Å². The third-order valence-electron chi connectivity index (χ3n) is 3.34. The molecule has 2 heterocycles. The highest BCUT2D eigenvalue weighted by molar-refractivity contribution is 7.99. The van der Waals surface area contributed by atoms with Crippen LogP contribution >= 0.6 is 23.1 Å². The molecule has 0 aliphatic rings. The van der Waals surface area contributed by atoms with E-state index in [0.717, 1.165) is 20.8 Å². The summed E-state index contributed by atoms with van der Waals surface area (Å²) in [6.45, 7) is 6.12. The maximum atomic E-state index is 10.9. The summed E-state index contributed by atoms with van der Waals surface area (Å²) in [5, 5.41) is 22.2. The molecule has 3 aromatic rings. The molecular weight excluding hydrogens is 344 g/mol. The van der Waals surface area contributed by atoms with Gasteiger partial charge in [-0.3, -0.25) is 14.7 Å². The molecule has 3 rings (SSSR count). The van der Waals surface area contributed by atoms with E-state index in [1.54, 1.807) is 36.5 Å². The van der Waals surface area contributed by atoms with E-state index in [2.05, 4.69) is 16.8 Å². The maximum Gasteiger partial charge on any atom is 0.272 e. The average molecular weight is 358 g/mol. The summed E-state index contributed by atoms with van der Waals surface area (Å²) < 4.78 is 1.99. The largest absolute Gasteiger partial charge is 0.297 e. The van der Waals surface area contributed by atoms with E-state index in [0.29, 0.717) is 12.1 Å². The number of nitrogens with zero attached hydrogens (tertiary/aromatic N) is 4. The number of aromatic nitrogens is 3. The van der Waals surface area contributed by atoms with Gasteiger partial charge in [0.1, 0.15) is 0 Å². The summed E-state index contributed by atoms with van der Waals surface area (Å²) in [6.07, 6.45) is 1.80. The molecular formula is C16H14N4O2S2. The zero-order valence-electron chi connectivity index (χ0n) is 12.9. The Morgan fingerprint density at radius 1 is 1.42 bits per heavy atom. The zero-order chi connectivity index (χ0) is 17.1. The average Bonchev–Trinajstić information content (AvgIpc) is 3.18. The normalized spacial score (nSPS) is 10.7. The van der Waals surface area contributed by atoms with Crippen molar-refractivity contribution < 1.29 is 4.92 Å².